The average Bonchev–Trinajstić information content (AvgIpc) is 3.12. The fourth-order valence-corrected chi connectivity index (χ4v) is 4.12. The fourth-order valence-electron chi connectivity index (χ4n) is 2.86. The van der Waals surface area contributed by atoms with Crippen LogP contribution in [0.15, 0.2) is 30.3 Å². The van der Waals surface area contributed by atoms with E-state index in [9.17, 15) is 4.79 Å². The number of ether oxygens (including phenoxy) is 2. The summed E-state index contributed by atoms with van der Waals surface area (Å²) in [5, 5.41) is 0.623. The van der Waals surface area contributed by atoms with E-state index in [1.54, 1.807) is 0 Å². The van der Waals surface area contributed by atoms with Crippen molar-refractivity contribution in [3.63, 3.8) is 0 Å². The molecule has 1 aromatic carbocycles. The van der Waals surface area contributed by atoms with Crippen LogP contribution in [0.25, 0.3) is 0 Å². The van der Waals surface area contributed by atoms with Gasteiger partial charge in [-0.15, -0.1) is 11.3 Å². The van der Waals surface area contributed by atoms with Crippen molar-refractivity contribution in [3.8, 4) is 5.75 Å². The Morgan fingerprint density at radius 3 is 2.36 bits per heavy atom. The number of esters is 1. The molecule has 0 bridgehead atoms. The zero-order valence-corrected chi connectivity index (χ0v) is 18.5. The summed E-state index contributed by atoms with van der Waals surface area (Å²) in [6, 6.07) is 9.33. The van der Waals surface area contributed by atoms with Gasteiger partial charge in [0.1, 0.15) is 6.10 Å². The summed E-state index contributed by atoms with van der Waals surface area (Å²) < 4.78 is 24.2. The summed E-state index contributed by atoms with van der Waals surface area (Å²) in [6.07, 6.45) is -0.321. The molecule has 3 rings (SSSR count). The van der Waals surface area contributed by atoms with Crippen LogP contribution in [0.4, 0.5) is 0 Å². The summed E-state index contributed by atoms with van der Waals surface area (Å²) in [5.74, 6) is 0.274. The lowest BCUT2D eigenvalue weighted by molar-refractivity contribution is 0.00578. The van der Waals surface area contributed by atoms with Gasteiger partial charge in [0.25, 0.3) is 0 Å². The van der Waals surface area contributed by atoms with Gasteiger partial charge in [0.15, 0.2) is 12.9 Å². The minimum Gasteiger partial charge on any atom is -0.484 e. The minimum atomic E-state index is -0.550. The first kappa shape index (κ1) is 21.2. The maximum Gasteiger partial charge on any atom is 0.531 e. The van der Waals surface area contributed by atoms with E-state index in [2.05, 4.69) is 0 Å². The molecule has 8 heteroatoms. The number of hydrogen-bond acceptors (Lipinski definition) is 5. The molecule has 5 nitrogen and oxygen atoms in total. The van der Waals surface area contributed by atoms with Crippen molar-refractivity contribution in [3.05, 3.63) is 45.8 Å². The lowest BCUT2D eigenvalue weighted by Crippen LogP contribution is -2.41. The van der Waals surface area contributed by atoms with Crippen molar-refractivity contribution in [1.82, 2.24) is 0 Å². The maximum absolute atomic E-state index is 10.2. The van der Waals surface area contributed by atoms with Gasteiger partial charge in [0.2, 0.25) is 4.88 Å². The molecule has 2 aromatic rings. The van der Waals surface area contributed by atoms with E-state index < -0.39 is 18.3 Å². The van der Waals surface area contributed by atoms with Crippen LogP contribution < -0.4 is 9.51 Å². The lowest BCUT2D eigenvalue weighted by atomic mass is 9.88. The molecule has 1 atom stereocenters. The normalized spacial score (nSPS) is 18.8. The molecule has 1 N–H and O–H groups in total. The minimum absolute atomic E-state index is 0.214. The molecule has 0 saturated carbocycles. The van der Waals surface area contributed by atoms with Gasteiger partial charge in [0, 0.05) is 15.4 Å². The highest BCUT2D eigenvalue weighted by molar-refractivity contribution is 7.24. The second-order valence-electron chi connectivity index (χ2n) is 7.72. The molecule has 1 fully saturated rings. The van der Waals surface area contributed by atoms with Gasteiger partial charge in [-0.05, 0) is 46.8 Å². The van der Waals surface area contributed by atoms with Gasteiger partial charge in [0.05, 0.1) is 11.2 Å². The first-order chi connectivity index (χ1) is 13.1. The predicted molar refractivity (Wildman–Crippen MR) is 114 cm³/mol. The number of carbonyl (C=O) groups excluding carboxylic acids is 1. The van der Waals surface area contributed by atoms with Gasteiger partial charge in [-0.3, -0.25) is 0 Å². The monoisotopic (exact) mass is 423 g/mol. The zero-order valence-electron chi connectivity index (χ0n) is 16.9. The second-order valence-corrected chi connectivity index (χ2v) is 9.21. The Morgan fingerprint density at radius 2 is 1.79 bits per heavy atom. The molecule has 28 heavy (non-hydrogen) atoms. The number of methoxy groups -OCH3 is 1. The molecule has 2 heterocycles. The number of hydrogen-bond donors (Lipinski definition) is 0. The maximum atomic E-state index is 10.2. The van der Waals surface area contributed by atoms with Crippen LogP contribution in [-0.2, 0) is 14.0 Å². The molecule has 1 saturated heterocycles. The fraction of sp³-hybridized carbons (Fsp3) is 0.450. The number of halogens is 1. The predicted octanol–water partition coefficient (Wildman–Crippen LogP) is 4.34. The topological polar surface area (TPSA) is 58.3 Å². The molecular weight excluding hydrogens is 399 g/mol. The van der Waals surface area contributed by atoms with Crippen LogP contribution in [-0.4, -0.2) is 36.2 Å². The van der Waals surface area contributed by atoms with Gasteiger partial charge < -0.3 is 23.6 Å². The van der Waals surface area contributed by atoms with Gasteiger partial charge in [-0.1, -0.05) is 29.8 Å². The van der Waals surface area contributed by atoms with E-state index >= 15 is 0 Å². The van der Waals surface area contributed by atoms with Crippen molar-refractivity contribution >= 4 is 40.8 Å². The van der Waals surface area contributed by atoms with Crippen LogP contribution in [0.1, 0.15) is 51.2 Å². The Hall–Kier alpha value is -1.54. The van der Waals surface area contributed by atoms with Crippen molar-refractivity contribution in [2.24, 2.45) is 0 Å². The summed E-state index contributed by atoms with van der Waals surface area (Å²) in [7, 11) is 0.858. The smallest absolute Gasteiger partial charge is 0.484 e. The largest absolute Gasteiger partial charge is 0.531 e. The van der Waals surface area contributed by atoms with Crippen molar-refractivity contribution in [2.45, 2.75) is 51.9 Å². The highest BCUT2D eigenvalue weighted by atomic mass is 35.5. The van der Waals surface area contributed by atoms with Crippen molar-refractivity contribution in [1.29, 1.82) is 0 Å². The third-order valence-corrected chi connectivity index (χ3v) is 6.71. The third-order valence-electron chi connectivity index (χ3n) is 5.24. The van der Waals surface area contributed by atoms with Gasteiger partial charge in [-0.2, -0.15) is 0 Å². The van der Waals surface area contributed by atoms with E-state index in [-0.39, 0.29) is 12.1 Å². The molecule has 0 radical (unpaired) electrons. The summed E-state index contributed by atoms with van der Waals surface area (Å²) in [6.45, 7) is 9.89. The van der Waals surface area contributed by atoms with E-state index in [0.29, 0.717) is 15.6 Å². The zero-order chi connectivity index (χ0) is 20.7. The first-order valence-electron chi connectivity index (χ1n) is 9.06. The van der Waals surface area contributed by atoms with E-state index in [4.69, 9.17) is 30.4 Å². The first-order valence-corrected chi connectivity index (χ1v) is 10.3. The standard InChI is InChI=1S/C20H24BClO5S/c1-12(13-9-7-8-10-14(13)22)25-15-11-16(28-17(15)18(23)24-6)21-26-19(2,3)20(4,5)27-21/h7-12H,1-6H3/p+1. The highest BCUT2D eigenvalue weighted by Gasteiger charge is 2.52. The Balaban J connectivity index is 1.91. The van der Waals surface area contributed by atoms with Crippen molar-refractivity contribution < 1.29 is 23.6 Å². The van der Waals surface area contributed by atoms with Crippen molar-refractivity contribution in [2.75, 3.05) is 7.11 Å². The highest BCUT2D eigenvalue weighted by Crippen LogP contribution is 2.38. The van der Waals surface area contributed by atoms with Gasteiger partial charge in [-0.25, -0.2) is 0 Å². The van der Waals surface area contributed by atoms with E-state index in [1.807, 2.05) is 65.0 Å². The molecule has 0 aliphatic carbocycles. The summed E-state index contributed by atoms with van der Waals surface area (Å²) in [5.41, 5.74) is -0.0584. The molecule has 1 aromatic heterocycles. The Kier molecular flexibility index (Phi) is 5.83. The quantitative estimate of drug-likeness (QED) is 0.408. The lowest BCUT2D eigenvalue weighted by Gasteiger charge is -2.32. The van der Waals surface area contributed by atoms with Crippen LogP contribution >= 0.6 is 22.9 Å². The Morgan fingerprint density at radius 1 is 1.18 bits per heavy atom. The molecule has 1 unspecified atom stereocenters. The molecular formula is C20H25BClO5S+. The number of thiophene rings is 1. The Bertz CT molecular complexity index is 863. The molecule has 0 amide bonds. The molecule has 0 spiro atoms. The van der Waals surface area contributed by atoms with E-state index in [1.165, 1.54) is 18.4 Å². The van der Waals surface area contributed by atoms with Crippen LogP contribution in [0.5, 0.6) is 5.75 Å². The molecule has 150 valence electrons. The number of rotatable bonds is 5. The average molecular weight is 424 g/mol. The van der Waals surface area contributed by atoms with Crippen LogP contribution in [0, 0.1) is 0 Å². The SMILES string of the molecule is COC(=[OH+])c1sc(B2OC(C)(C)C(C)(C)O2)cc1OC(C)c1ccccc1Cl. The van der Waals surface area contributed by atoms with E-state index in [0.717, 1.165) is 10.3 Å². The molecule has 1 aliphatic rings. The number of benzene rings is 1. The van der Waals surface area contributed by atoms with Crippen LogP contribution in [0.3, 0.4) is 0 Å². The van der Waals surface area contributed by atoms with Crippen LogP contribution in [0.2, 0.25) is 5.02 Å². The third kappa shape index (κ3) is 3.94. The molecule has 1 aliphatic heterocycles. The summed E-state index contributed by atoms with van der Waals surface area (Å²) >= 11 is 7.60. The van der Waals surface area contributed by atoms with Gasteiger partial charge >= 0.3 is 13.1 Å². The Labute approximate surface area is 175 Å². The summed E-state index contributed by atoms with van der Waals surface area (Å²) in [4.78, 5) is 10.7. The second kappa shape index (κ2) is 7.71.